The van der Waals surface area contributed by atoms with Crippen molar-refractivity contribution >= 4 is 17.6 Å². The Kier molecular flexibility index (Phi) is 2.83. The molecule has 5 heteroatoms. The molecule has 0 unspecified atom stereocenters. The van der Waals surface area contributed by atoms with Gasteiger partial charge in [0.15, 0.2) is 0 Å². The lowest BCUT2D eigenvalue weighted by Gasteiger charge is -2.16. The minimum absolute atomic E-state index is 0.0552. The molecule has 2 aliphatic heterocycles. The van der Waals surface area contributed by atoms with Crippen LogP contribution in [0.1, 0.15) is 16.8 Å². The molecule has 98 valence electrons. The van der Waals surface area contributed by atoms with E-state index in [-0.39, 0.29) is 11.5 Å². The predicted octanol–water partition coefficient (Wildman–Crippen LogP) is 1.02. The first-order chi connectivity index (χ1) is 9.16. The molecule has 1 aromatic rings. The van der Waals surface area contributed by atoms with E-state index in [0.29, 0.717) is 6.54 Å². The van der Waals surface area contributed by atoms with Gasteiger partial charge in [-0.2, -0.15) is 0 Å². The molecule has 0 radical (unpaired) electrons. The van der Waals surface area contributed by atoms with E-state index in [0.717, 1.165) is 36.3 Å². The zero-order chi connectivity index (χ0) is 13.4. The first-order valence-corrected chi connectivity index (χ1v) is 6.23. The Hall–Kier alpha value is -2.14. The van der Waals surface area contributed by atoms with Gasteiger partial charge in [0, 0.05) is 24.4 Å². The monoisotopic (exact) mass is 258 g/mol. The summed E-state index contributed by atoms with van der Waals surface area (Å²) in [7, 11) is 0. The summed E-state index contributed by atoms with van der Waals surface area (Å²) in [6.45, 7) is 2.22. The van der Waals surface area contributed by atoms with Crippen LogP contribution in [0.2, 0.25) is 0 Å². The molecule has 0 atom stereocenters. The Morgan fingerprint density at radius 2 is 2.00 bits per heavy atom. The first-order valence-electron chi connectivity index (χ1n) is 6.23. The fourth-order valence-electron chi connectivity index (χ4n) is 2.56. The Labute approximate surface area is 110 Å². The molecule has 2 N–H and O–H groups in total. The van der Waals surface area contributed by atoms with Gasteiger partial charge >= 0.3 is 5.97 Å². The van der Waals surface area contributed by atoms with E-state index in [2.05, 4.69) is 5.32 Å². The highest BCUT2D eigenvalue weighted by Crippen LogP contribution is 2.28. The number of carboxylic acid groups (broad SMARTS) is 1. The molecule has 0 saturated carbocycles. The van der Waals surface area contributed by atoms with E-state index >= 15 is 0 Å². The third-order valence-corrected chi connectivity index (χ3v) is 3.60. The molecule has 5 nitrogen and oxygen atoms in total. The van der Waals surface area contributed by atoms with Crippen molar-refractivity contribution in [3.8, 4) is 0 Å². The Bertz CT molecular complexity index is 575. The van der Waals surface area contributed by atoms with Gasteiger partial charge in [-0.25, -0.2) is 4.79 Å². The van der Waals surface area contributed by atoms with E-state index in [4.69, 9.17) is 5.11 Å². The quantitative estimate of drug-likeness (QED) is 0.831. The number of hydrogen-bond donors (Lipinski definition) is 2. The third kappa shape index (κ3) is 2.02. The summed E-state index contributed by atoms with van der Waals surface area (Å²) in [6, 6.07) is 6.43. The number of carboxylic acids is 1. The molecule has 0 fully saturated rings. The molecule has 0 aromatic heterocycles. The number of benzene rings is 1. The Morgan fingerprint density at radius 1 is 1.26 bits per heavy atom. The number of nitrogens with one attached hydrogen (secondary N) is 1. The standard InChI is InChI=1S/C14H14N2O3/c17-13-12-5-6-15-7-10(12)8-16(13)11-3-1-9(2-4-11)14(18)19/h1-4,15H,5-8H2,(H,18,19). The van der Waals surface area contributed by atoms with Crippen molar-refractivity contribution in [1.29, 1.82) is 0 Å². The number of nitrogens with zero attached hydrogens (tertiary/aromatic N) is 1. The number of carbonyl (C=O) groups excluding carboxylic acids is 1. The van der Waals surface area contributed by atoms with E-state index in [1.807, 2.05) is 0 Å². The molecule has 0 bridgehead atoms. The van der Waals surface area contributed by atoms with Gasteiger partial charge in [-0.3, -0.25) is 4.79 Å². The zero-order valence-corrected chi connectivity index (χ0v) is 10.3. The average Bonchev–Trinajstić information content (AvgIpc) is 2.77. The highest BCUT2D eigenvalue weighted by atomic mass is 16.4. The molecule has 1 aromatic carbocycles. The summed E-state index contributed by atoms with van der Waals surface area (Å²) in [4.78, 5) is 24.8. The molecule has 0 aliphatic carbocycles. The van der Waals surface area contributed by atoms with Crippen molar-refractivity contribution < 1.29 is 14.7 Å². The molecular weight excluding hydrogens is 244 g/mol. The SMILES string of the molecule is O=C(O)c1ccc(N2CC3=C(CCNC3)C2=O)cc1. The fraction of sp³-hybridized carbons (Fsp3) is 0.286. The maximum atomic E-state index is 12.3. The Balaban J connectivity index is 1.85. The number of rotatable bonds is 2. The fourth-order valence-corrected chi connectivity index (χ4v) is 2.56. The van der Waals surface area contributed by atoms with Gasteiger partial charge in [0.05, 0.1) is 5.56 Å². The van der Waals surface area contributed by atoms with Crippen LogP contribution in [0.15, 0.2) is 35.4 Å². The highest BCUT2D eigenvalue weighted by Gasteiger charge is 2.32. The van der Waals surface area contributed by atoms with Crippen molar-refractivity contribution in [2.75, 3.05) is 24.5 Å². The van der Waals surface area contributed by atoms with E-state index < -0.39 is 5.97 Å². The molecule has 2 aliphatic rings. The second-order valence-corrected chi connectivity index (χ2v) is 4.75. The molecule has 0 spiro atoms. The topological polar surface area (TPSA) is 69.6 Å². The van der Waals surface area contributed by atoms with Crippen molar-refractivity contribution in [3.63, 3.8) is 0 Å². The number of anilines is 1. The number of carbonyl (C=O) groups is 2. The average molecular weight is 258 g/mol. The van der Waals surface area contributed by atoms with Crippen LogP contribution in [0.3, 0.4) is 0 Å². The number of hydrogen-bond acceptors (Lipinski definition) is 3. The van der Waals surface area contributed by atoms with Gasteiger partial charge < -0.3 is 15.3 Å². The van der Waals surface area contributed by atoms with Crippen LogP contribution >= 0.6 is 0 Å². The minimum Gasteiger partial charge on any atom is -0.478 e. The van der Waals surface area contributed by atoms with Crippen LogP contribution in [0.25, 0.3) is 0 Å². The van der Waals surface area contributed by atoms with E-state index in [1.54, 1.807) is 17.0 Å². The van der Waals surface area contributed by atoms with Crippen LogP contribution in [0.5, 0.6) is 0 Å². The van der Waals surface area contributed by atoms with Crippen LogP contribution in [-0.2, 0) is 4.79 Å². The number of aromatic carboxylic acids is 1. The molecule has 1 amide bonds. The third-order valence-electron chi connectivity index (χ3n) is 3.60. The lowest BCUT2D eigenvalue weighted by Crippen LogP contribution is -2.26. The minimum atomic E-state index is -0.957. The van der Waals surface area contributed by atoms with Crippen molar-refractivity contribution in [2.45, 2.75) is 6.42 Å². The number of amides is 1. The predicted molar refractivity (Wildman–Crippen MR) is 70.3 cm³/mol. The summed E-state index contributed by atoms with van der Waals surface area (Å²) in [5.41, 5.74) is 3.05. The normalized spacial score (nSPS) is 18.7. The maximum Gasteiger partial charge on any atom is 0.335 e. The van der Waals surface area contributed by atoms with Crippen molar-refractivity contribution in [2.24, 2.45) is 0 Å². The van der Waals surface area contributed by atoms with E-state index in [1.165, 1.54) is 12.1 Å². The summed E-state index contributed by atoms with van der Waals surface area (Å²) in [5, 5.41) is 12.1. The maximum absolute atomic E-state index is 12.3. The molecule has 2 heterocycles. The summed E-state index contributed by atoms with van der Waals surface area (Å²) < 4.78 is 0. The second kappa shape index (κ2) is 4.51. The van der Waals surface area contributed by atoms with Gasteiger partial charge in [0.1, 0.15) is 0 Å². The van der Waals surface area contributed by atoms with Crippen LogP contribution < -0.4 is 10.2 Å². The van der Waals surface area contributed by atoms with Crippen molar-refractivity contribution in [1.82, 2.24) is 5.32 Å². The lowest BCUT2D eigenvalue weighted by molar-refractivity contribution is -0.114. The largest absolute Gasteiger partial charge is 0.478 e. The van der Waals surface area contributed by atoms with Gasteiger partial charge in [-0.15, -0.1) is 0 Å². The van der Waals surface area contributed by atoms with Gasteiger partial charge in [-0.05, 0) is 42.8 Å². The Morgan fingerprint density at radius 3 is 2.63 bits per heavy atom. The summed E-state index contributed by atoms with van der Waals surface area (Å²) in [5.74, 6) is -0.902. The van der Waals surface area contributed by atoms with E-state index in [9.17, 15) is 9.59 Å². The summed E-state index contributed by atoms with van der Waals surface area (Å²) in [6.07, 6.45) is 0.776. The first kappa shape index (κ1) is 11.9. The second-order valence-electron chi connectivity index (χ2n) is 4.75. The van der Waals surface area contributed by atoms with Crippen molar-refractivity contribution in [3.05, 3.63) is 41.0 Å². The van der Waals surface area contributed by atoms with Gasteiger partial charge in [0.25, 0.3) is 5.91 Å². The van der Waals surface area contributed by atoms with Crippen LogP contribution in [0, 0.1) is 0 Å². The summed E-state index contributed by atoms with van der Waals surface area (Å²) >= 11 is 0. The molecule has 3 rings (SSSR count). The zero-order valence-electron chi connectivity index (χ0n) is 10.3. The molecule has 0 saturated heterocycles. The lowest BCUT2D eigenvalue weighted by atomic mass is 10.0. The molecular formula is C14H14N2O3. The van der Waals surface area contributed by atoms with Gasteiger partial charge in [-0.1, -0.05) is 0 Å². The highest BCUT2D eigenvalue weighted by molar-refractivity contribution is 6.09. The van der Waals surface area contributed by atoms with Crippen LogP contribution in [0.4, 0.5) is 5.69 Å². The van der Waals surface area contributed by atoms with Crippen LogP contribution in [-0.4, -0.2) is 36.6 Å². The smallest absolute Gasteiger partial charge is 0.335 e. The molecule has 19 heavy (non-hydrogen) atoms. The van der Waals surface area contributed by atoms with Gasteiger partial charge in [0.2, 0.25) is 0 Å².